The second-order valence-corrected chi connectivity index (χ2v) is 3.66. The van der Waals surface area contributed by atoms with Gasteiger partial charge in [0, 0.05) is 5.56 Å². The fraction of sp³-hybridized carbons (Fsp3) is 0.462. The second-order valence-electron chi connectivity index (χ2n) is 3.66. The van der Waals surface area contributed by atoms with Gasteiger partial charge in [-0.2, -0.15) is 8.78 Å². The van der Waals surface area contributed by atoms with Gasteiger partial charge < -0.3 is 14.8 Å². The molecule has 1 N–H and O–H groups in total. The predicted octanol–water partition coefficient (Wildman–Crippen LogP) is 2.50. The molecule has 0 fully saturated rings. The van der Waals surface area contributed by atoms with Crippen LogP contribution in [-0.2, 0) is 9.53 Å². The molecule has 1 atom stereocenters. The summed E-state index contributed by atoms with van der Waals surface area (Å²) in [4.78, 5) is 11.8. The van der Waals surface area contributed by atoms with Crippen molar-refractivity contribution in [3.05, 3.63) is 29.8 Å². The van der Waals surface area contributed by atoms with Crippen molar-refractivity contribution < 1.29 is 23.0 Å². The number of rotatable bonds is 7. The highest BCUT2D eigenvalue weighted by molar-refractivity contribution is 5.78. The maximum absolute atomic E-state index is 12.3. The smallest absolute Gasteiger partial charge is 0.387 e. The lowest BCUT2D eigenvalue weighted by Gasteiger charge is -2.19. The van der Waals surface area contributed by atoms with Crippen molar-refractivity contribution in [1.82, 2.24) is 5.32 Å². The molecule has 0 spiro atoms. The van der Waals surface area contributed by atoms with E-state index >= 15 is 0 Å². The molecule has 1 unspecified atom stereocenters. The third-order valence-electron chi connectivity index (χ3n) is 2.38. The molecule has 19 heavy (non-hydrogen) atoms. The second kappa shape index (κ2) is 7.68. The Balaban J connectivity index is 3.03. The normalized spacial score (nSPS) is 12.3. The van der Waals surface area contributed by atoms with Crippen molar-refractivity contribution in [3.8, 4) is 5.75 Å². The molecule has 0 radical (unpaired) electrons. The van der Waals surface area contributed by atoms with Gasteiger partial charge in [-0.3, -0.25) is 0 Å². The van der Waals surface area contributed by atoms with Crippen LogP contribution in [0.2, 0.25) is 0 Å². The van der Waals surface area contributed by atoms with Gasteiger partial charge in [0.1, 0.15) is 11.8 Å². The number of alkyl halides is 2. The molecule has 0 bridgehead atoms. The molecule has 1 aromatic rings. The minimum absolute atomic E-state index is 0.0310. The molecule has 0 saturated carbocycles. The van der Waals surface area contributed by atoms with Gasteiger partial charge >= 0.3 is 12.6 Å². The van der Waals surface area contributed by atoms with Crippen LogP contribution in [-0.4, -0.2) is 25.7 Å². The minimum Gasteiger partial charge on any atom is -0.465 e. The average molecular weight is 273 g/mol. The van der Waals surface area contributed by atoms with E-state index in [4.69, 9.17) is 4.74 Å². The number of halogens is 2. The Morgan fingerprint density at radius 3 is 2.58 bits per heavy atom. The van der Waals surface area contributed by atoms with Crippen molar-refractivity contribution in [2.24, 2.45) is 0 Å². The van der Waals surface area contributed by atoms with Crippen LogP contribution in [0.15, 0.2) is 24.3 Å². The van der Waals surface area contributed by atoms with Crippen molar-refractivity contribution in [1.29, 1.82) is 0 Å². The standard InChI is InChI=1S/C13H17F2NO3/c1-3-16-11(12(17)18-4-2)9-7-5-6-8-10(9)19-13(14)15/h5-8,11,13,16H,3-4H2,1-2H3. The Kier molecular flexibility index (Phi) is 6.21. The van der Waals surface area contributed by atoms with E-state index in [1.54, 1.807) is 25.1 Å². The van der Waals surface area contributed by atoms with Crippen molar-refractivity contribution in [2.75, 3.05) is 13.2 Å². The summed E-state index contributed by atoms with van der Waals surface area (Å²) >= 11 is 0. The van der Waals surface area contributed by atoms with E-state index < -0.39 is 18.6 Å². The zero-order valence-electron chi connectivity index (χ0n) is 10.9. The molecule has 0 aromatic heterocycles. The zero-order valence-corrected chi connectivity index (χ0v) is 10.9. The highest BCUT2D eigenvalue weighted by Gasteiger charge is 2.25. The topological polar surface area (TPSA) is 47.6 Å². The predicted molar refractivity (Wildman–Crippen MR) is 66.1 cm³/mol. The van der Waals surface area contributed by atoms with E-state index in [2.05, 4.69) is 10.1 Å². The number of hydrogen-bond donors (Lipinski definition) is 1. The van der Waals surface area contributed by atoms with Gasteiger partial charge in [0.15, 0.2) is 0 Å². The Labute approximate surface area is 110 Å². The number of para-hydroxylation sites is 1. The summed E-state index contributed by atoms with van der Waals surface area (Å²) in [5.74, 6) is -0.550. The molecule has 6 heteroatoms. The molecular formula is C13H17F2NO3. The average Bonchev–Trinajstić information content (AvgIpc) is 2.36. The fourth-order valence-corrected chi connectivity index (χ4v) is 1.67. The van der Waals surface area contributed by atoms with E-state index in [0.29, 0.717) is 12.1 Å². The molecule has 1 aromatic carbocycles. The molecule has 0 aliphatic carbocycles. The quantitative estimate of drug-likeness (QED) is 0.775. The Morgan fingerprint density at radius 1 is 1.32 bits per heavy atom. The minimum atomic E-state index is -2.94. The molecule has 0 aliphatic rings. The molecule has 0 heterocycles. The Hall–Kier alpha value is -1.69. The summed E-state index contributed by atoms with van der Waals surface area (Å²) in [6, 6.07) is 5.35. The van der Waals surface area contributed by atoms with Crippen LogP contribution >= 0.6 is 0 Å². The number of esters is 1. The third-order valence-corrected chi connectivity index (χ3v) is 2.38. The summed E-state index contributed by atoms with van der Waals surface area (Å²) in [5, 5.41) is 2.90. The van der Waals surface area contributed by atoms with Crippen LogP contribution in [0.5, 0.6) is 5.75 Å². The molecule has 4 nitrogen and oxygen atoms in total. The van der Waals surface area contributed by atoms with Gasteiger partial charge in [-0.25, -0.2) is 4.79 Å². The van der Waals surface area contributed by atoms with Crippen molar-refractivity contribution in [3.63, 3.8) is 0 Å². The fourth-order valence-electron chi connectivity index (χ4n) is 1.67. The Bertz CT molecular complexity index is 413. The molecule has 0 amide bonds. The lowest BCUT2D eigenvalue weighted by Crippen LogP contribution is -2.30. The van der Waals surface area contributed by atoms with Crippen LogP contribution in [0.1, 0.15) is 25.5 Å². The van der Waals surface area contributed by atoms with E-state index in [9.17, 15) is 13.6 Å². The number of hydrogen-bond acceptors (Lipinski definition) is 4. The first kappa shape index (κ1) is 15.4. The number of benzene rings is 1. The maximum atomic E-state index is 12.3. The summed E-state index contributed by atoms with van der Waals surface area (Å²) in [6.07, 6.45) is 0. The molecule has 106 valence electrons. The molecule has 1 rings (SSSR count). The SMILES string of the molecule is CCNC(C(=O)OCC)c1ccccc1OC(F)F. The molecular weight excluding hydrogens is 256 g/mol. The summed E-state index contributed by atoms with van der Waals surface area (Å²) in [6.45, 7) is 1.27. The number of nitrogens with one attached hydrogen (secondary N) is 1. The number of likely N-dealkylation sites (N-methyl/N-ethyl adjacent to an activating group) is 1. The highest BCUT2D eigenvalue weighted by Crippen LogP contribution is 2.27. The molecule has 0 saturated heterocycles. The summed E-state index contributed by atoms with van der Waals surface area (Å²) in [7, 11) is 0. The van der Waals surface area contributed by atoms with Gasteiger partial charge in [0.2, 0.25) is 0 Å². The lowest BCUT2D eigenvalue weighted by molar-refractivity contribution is -0.146. The van der Waals surface area contributed by atoms with Gasteiger partial charge in [-0.15, -0.1) is 0 Å². The number of carbonyl (C=O) groups excluding carboxylic acids is 1. The molecule has 0 aliphatic heterocycles. The monoisotopic (exact) mass is 273 g/mol. The maximum Gasteiger partial charge on any atom is 0.387 e. The Morgan fingerprint density at radius 2 is 2.00 bits per heavy atom. The van der Waals surface area contributed by atoms with Crippen molar-refractivity contribution in [2.45, 2.75) is 26.5 Å². The number of ether oxygens (including phenoxy) is 2. The highest BCUT2D eigenvalue weighted by atomic mass is 19.3. The van der Waals surface area contributed by atoms with Crippen LogP contribution < -0.4 is 10.1 Å². The van der Waals surface area contributed by atoms with E-state index in [0.717, 1.165) is 0 Å². The van der Waals surface area contributed by atoms with Gasteiger partial charge in [-0.05, 0) is 19.5 Å². The van der Waals surface area contributed by atoms with Crippen LogP contribution in [0.3, 0.4) is 0 Å². The van der Waals surface area contributed by atoms with Crippen LogP contribution in [0, 0.1) is 0 Å². The first-order chi connectivity index (χ1) is 9.10. The first-order valence-electron chi connectivity index (χ1n) is 6.03. The van der Waals surface area contributed by atoms with Gasteiger partial charge in [0.05, 0.1) is 6.61 Å². The van der Waals surface area contributed by atoms with Crippen molar-refractivity contribution >= 4 is 5.97 Å². The van der Waals surface area contributed by atoms with Crippen LogP contribution in [0.4, 0.5) is 8.78 Å². The van der Waals surface area contributed by atoms with E-state index in [1.807, 2.05) is 6.92 Å². The van der Waals surface area contributed by atoms with Gasteiger partial charge in [0.25, 0.3) is 0 Å². The zero-order chi connectivity index (χ0) is 14.3. The first-order valence-corrected chi connectivity index (χ1v) is 6.03. The van der Waals surface area contributed by atoms with Crippen LogP contribution in [0.25, 0.3) is 0 Å². The van der Waals surface area contributed by atoms with E-state index in [-0.39, 0.29) is 12.4 Å². The third kappa shape index (κ3) is 4.48. The van der Waals surface area contributed by atoms with E-state index in [1.165, 1.54) is 6.07 Å². The van der Waals surface area contributed by atoms with Gasteiger partial charge in [-0.1, -0.05) is 25.1 Å². The largest absolute Gasteiger partial charge is 0.465 e. The number of carbonyl (C=O) groups is 1. The summed E-state index contributed by atoms with van der Waals surface area (Å²) < 4.78 is 34.0. The lowest BCUT2D eigenvalue weighted by atomic mass is 10.1. The summed E-state index contributed by atoms with van der Waals surface area (Å²) in [5.41, 5.74) is 0.336.